The molecule has 1 saturated heterocycles. The summed E-state index contributed by atoms with van der Waals surface area (Å²) >= 11 is 0. The number of anilines is 1. The molecular formula is C25H25N5O3. The van der Waals surface area contributed by atoms with Crippen LogP contribution in [0, 0.1) is 6.92 Å². The molecule has 0 bridgehead atoms. The maximum absolute atomic E-state index is 12.9. The molecule has 2 aromatic heterocycles. The molecule has 0 radical (unpaired) electrons. The number of aryl methyl sites for hydroxylation is 2. The first-order chi connectivity index (χ1) is 16.0. The maximum atomic E-state index is 12.9. The normalized spacial score (nSPS) is 14.7. The van der Waals surface area contributed by atoms with Gasteiger partial charge >= 0.3 is 0 Å². The molecular weight excluding hydrogens is 418 g/mol. The minimum atomic E-state index is -0.710. The summed E-state index contributed by atoms with van der Waals surface area (Å²) in [6.45, 7) is 3.31. The lowest BCUT2D eigenvalue weighted by Gasteiger charge is -2.34. The molecule has 1 aliphatic heterocycles. The van der Waals surface area contributed by atoms with Gasteiger partial charge in [-0.3, -0.25) is 9.59 Å². The first-order valence-electron chi connectivity index (χ1n) is 11.0. The first kappa shape index (κ1) is 20.9. The van der Waals surface area contributed by atoms with Gasteiger partial charge < -0.3 is 19.7 Å². The Labute approximate surface area is 190 Å². The average molecular weight is 444 g/mol. The number of carbonyl (C=O) groups is 1. The van der Waals surface area contributed by atoms with Crippen LogP contribution in [0.2, 0.25) is 0 Å². The Morgan fingerprint density at radius 3 is 2.52 bits per heavy atom. The summed E-state index contributed by atoms with van der Waals surface area (Å²) in [4.78, 5) is 32.0. The molecule has 2 N–H and O–H groups in total. The van der Waals surface area contributed by atoms with E-state index >= 15 is 0 Å². The number of hydrogen-bond acceptors (Lipinski definition) is 6. The lowest BCUT2D eigenvalue weighted by atomic mass is 9.95. The molecule has 1 aliphatic rings. The molecule has 8 heteroatoms. The molecule has 0 atom stereocenters. The summed E-state index contributed by atoms with van der Waals surface area (Å²) in [6.07, 6.45) is 1.52. The number of hydrogen-bond donors (Lipinski definition) is 1. The minimum absolute atomic E-state index is 0.0364. The third kappa shape index (κ3) is 3.57. The fourth-order valence-electron chi connectivity index (χ4n) is 4.71. The topological polar surface area (TPSA) is 107 Å². The van der Waals surface area contributed by atoms with Crippen molar-refractivity contribution < 1.29 is 9.32 Å². The number of nitrogens with two attached hydrogens (primary N) is 1. The van der Waals surface area contributed by atoms with Gasteiger partial charge in [0.2, 0.25) is 11.7 Å². The van der Waals surface area contributed by atoms with Gasteiger partial charge in [-0.25, -0.2) is 0 Å². The molecule has 1 amide bonds. The van der Waals surface area contributed by atoms with Crippen LogP contribution in [0.15, 0.2) is 57.8 Å². The zero-order valence-corrected chi connectivity index (χ0v) is 18.6. The third-order valence-corrected chi connectivity index (χ3v) is 6.51. The van der Waals surface area contributed by atoms with Gasteiger partial charge in [-0.2, -0.15) is 4.98 Å². The highest BCUT2D eigenvalue weighted by Gasteiger charge is 2.30. The van der Waals surface area contributed by atoms with Crippen molar-refractivity contribution in [1.82, 2.24) is 14.7 Å². The number of benzene rings is 2. The highest BCUT2D eigenvalue weighted by atomic mass is 16.5. The van der Waals surface area contributed by atoms with Crippen molar-refractivity contribution in [2.45, 2.75) is 25.7 Å². The number of fused-ring (bicyclic) bond motifs is 1. The summed E-state index contributed by atoms with van der Waals surface area (Å²) in [5, 5.41) is 5.03. The Balaban J connectivity index is 1.44. The Bertz CT molecular complexity index is 1410. The highest BCUT2D eigenvalue weighted by molar-refractivity contribution is 6.06. The lowest BCUT2D eigenvalue weighted by molar-refractivity contribution is 0.0999. The molecule has 168 valence electrons. The molecule has 5 rings (SSSR count). The maximum Gasteiger partial charge on any atom is 0.265 e. The molecule has 33 heavy (non-hydrogen) atoms. The summed E-state index contributed by atoms with van der Waals surface area (Å²) in [5.74, 6) is 0.621. The molecule has 0 unspecified atom stereocenters. The summed E-state index contributed by atoms with van der Waals surface area (Å²) in [6, 6.07) is 15.5. The molecule has 0 saturated carbocycles. The van der Waals surface area contributed by atoms with Crippen LogP contribution in [0.4, 0.5) is 5.69 Å². The van der Waals surface area contributed by atoms with Crippen LogP contribution in [0.1, 0.15) is 40.6 Å². The van der Waals surface area contributed by atoms with Crippen LogP contribution >= 0.6 is 0 Å². The number of rotatable bonds is 4. The van der Waals surface area contributed by atoms with Crippen molar-refractivity contribution in [3.63, 3.8) is 0 Å². The Morgan fingerprint density at radius 1 is 1.09 bits per heavy atom. The van der Waals surface area contributed by atoms with Crippen molar-refractivity contribution in [2.75, 3.05) is 18.0 Å². The predicted octanol–water partition coefficient (Wildman–Crippen LogP) is 3.38. The van der Waals surface area contributed by atoms with E-state index in [1.165, 1.54) is 4.57 Å². The van der Waals surface area contributed by atoms with E-state index in [1.807, 2.05) is 55.5 Å². The molecule has 4 aromatic rings. The molecule has 0 spiro atoms. The monoisotopic (exact) mass is 443 g/mol. The molecule has 0 aliphatic carbocycles. The predicted molar refractivity (Wildman–Crippen MR) is 126 cm³/mol. The number of carbonyl (C=O) groups excluding carboxylic acids is 1. The van der Waals surface area contributed by atoms with E-state index in [-0.39, 0.29) is 17.0 Å². The molecule has 2 aromatic carbocycles. The number of pyridine rings is 1. The van der Waals surface area contributed by atoms with Crippen LogP contribution in [0.5, 0.6) is 0 Å². The lowest BCUT2D eigenvalue weighted by Crippen LogP contribution is -2.38. The Hall–Kier alpha value is -3.94. The van der Waals surface area contributed by atoms with Crippen LogP contribution in [0.25, 0.3) is 22.3 Å². The standard InChI is InChI=1S/C25H25N5O3/c1-15-7-3-4-8-17(15)23-27-24(33-28-23)16-11-13-30(14-12-16)21-18-9-5-6-10-19(18)29(2)25(32)20(21)22(26)31/h3-10,16H,11-14H2,1-2H3,(H2,26,31). The van der Waals surface area contributed by atoms with E-state index in [9.17, 15) is 9.59 Å². The van der Waals surface area contributed by atoms with E-state index < -0.39 is 5.91 Å². The number of nitrogens with zero attached hydrogens (tertiary/aromatic N) is 4. The Morgan fingerprint density at radius 2 is 1.79 bits per heavy atom. The number of piperidine rings is 1. The van der Waals surface area contributed by atoms with Gasteiger partial charge in [0.1, 0.15) is 5.56 Å². The van der Waals surface area contributed by atoms with Crippen molar-refractivity contribution >= 4 is 22.5 Å². The van der Waals surface area contributed by atoms with E-state index in [2.05, 4.69) is 15.0 Å². The number of para-hydroxylation sites is 1. The number of primary amides is 1. The summed E-state index contributed by atoms with van der Waals surface area (Å²) in [7, 11) is 1.66. The zero-order chi connectivity index (χ0) is 23.1. The van der Waals surface area contributed by atoms with Gasteiger partial charge in [0, 0.05) is 37.0 Å². The third-order valence-electron chi connectivity index (χ3n) is 6.51. The summed E-state index contributed by atoms with van der Waals surface area (Å²) < 4.78 is 7.10. The average Bonchev–Trinajstić information content (AvgIpc) is 3.31. The fraction of sp³-hybridized carbons (Fsp3) is 0.280. The smallest absolute Gasteiger partial charge is 0.265 e. The largest absolute Gasteiger partial charge is 0.370 e. The van der Waals surface area contributed by atoms with Gasteiger partial charge in [-0.15, -0.1) is 0 Å². The van der Waals surface area contributed by atoms with Crippen LogP contribution in [0.3, 0.4) is 0 Å². The van der Waals surface area contributed by atoms with Gasteiger partial charge in [0.25, 0.3) is 11.5 Å². The van der Waals surface area contributed by atoms with Crippen molar-refractivity contribution in [3.05, 3.63) is 75.9 Å². The van der Waals surface area contributed by atoms with E-state index in [0.717, 1.165) is 34.9 Å². The SMILES string of the molecule is Cc1ccccc1-c1noc(C2CCN(c3c(C(N)=O)c(=O)n(C)c4ccccc34)CC2)n1. The van der Waals surface area contributed by atoms with Gasteiger partial charge in [0.05, 0.1) is 11.2 Å². The van der Waals surface area contributed by atoms with E-state index in [4.69, 9.17) is 10.3 Å². The molecule has 3 heterocycles. The number of amides is 1. The second-order valence-electron chi connectivity index (χ2n) is 8.50. The quantitative estimate of drug-likeness (QED) is 0.518. The van der Waals surface area contributed by atoms with Gasteiger partial charge in [0.15, 0.2) is 0 Å². The Kier molecular flexibility index (Phi) is 5.20. The minimum Gasteiger partial charge on any atom is -0.370 e. The highest BCUT2D eigenvalue weighted by Crippen LogP contribution is 2.35. The second kappa shape index (κ2) is 8.20. The van der Waals surface area contributed by atoms with Crippen LogP contribution in [-0.2, 0) is 7.05 Å². The van der Waals surface area contributed by atoms with E-state index in [1.54, 1.807) is 7.05 Å². The zero-order valence-electron chi connectivity index (χ0n) is 18.6. The number of aromatic nitrogens is 3. The van der Waals surface area contributed by atoms with Crippen molar-refractivity contribution in [2.24, 2.45) is 12.8 Å². The fourth-order valence-corrected chi connectivity index (χ4v) is 4.71. The van der Waals surface area contributed by atoms with Crippen LogP contribution in [-0.4, -0.2) is 33.7 Å². The van der Waals surface area contributed by atoms with E-state index in [0.29, 0.717) is 30.5 Å². The first-order valence-corrected chi connectivity index (χ1v) is 11.0. The van der Waals surface area contributed by atoms with Crippen LogP contribution < -0.4 is 16.2 Å². The van der Waals surface area contributed by atoms with Gasteiger partial charge in [-0.05, 0) is 31.4 Å². The summed E-state index contributed by atoms with van der Waals surface area (Å²) in [5.41, 5.74) is 8.76. The van der Waals surface area contributed by atoms with Crippen molar-refractivity contribution in [1.29, 1.82) is 0 Å². The van der Waals surface area contributed by atoms with Gasteiger partial charge in [-0.1, -0.05) is 47.6 Å². The molecule has 1 fully saturated rings. The molecule has 8 nitrogen and oxygen atoms in total. The van der Waals surface area contributed by atoms with Crippen molar-refractivity contribution in [3.8, 4) is 11.4 Å². The second-order valence-corrected chi connectivity index (χ2v) is 8.50.